The molecule has 0 radical (unpaired) electrons. The summed E-state index contributed by atoms with van der Waals surface area (Å²) < 4.78 is 12.3. The third kappa shape index (κ3) is 2.84. The van der Waals surface area contributed by atoms with Gasteiger partial charge in [-0.1, -0.05) is 15.9 Å². The van der Waals surface area contributed by atoms with Gasteiger partial charge >= 0.3 is 0 Å². The number of hydrogen-bond acceptors (Lipinski definition) is 4. The summed E-state index contributed by atoms with van der Waals surface area (Å²) in [4.78, 5) is 12.2. The molecular weight excluding hydrogens is 346 g/mol. The van der Waals surface area contributed by atoms with Crippen molar-refractivity contribution in [2.75, 3.05) is 13.7 Å². The zero-order valence-electron chi connectivity index (χ0n) is 13.2. The molecular formula is C17H24BrNO3. The molecule has 2 aliphatic carbocycles. The summed E-state index contributed by atoms with van der Waals surface area (Å²) >= 11 is 3.69. The molecule has 0 amide bonds. The average molecular weight is 370 g/mol. The molecule has 1 saturated heterocycles. The molecule has 122 valence electrons. The van der Waals surface area contributed by atoms with Crippen LogP contribution in [-0.4, -0.2) is 37.7 Å². The maximum Gasteiger partial charge on any atom is 0.161 e. The molecule has 3 rings (SSSR count). The van der Waals surface area contributed by atoms with Crippen LogP contribution in [0.5, 0.6) is 0 Å². The Morgan fingerprint density at radius 3 is 2.95 bits per heavy atom. The highest BCUT2D eigenvalue weighted by atomic mass is 79.9. The first kappa shape index (κ1) is 16.4. The number of ether oxygens (including phenoxy) is 2. The fourth-order valence-electron chi connectivity index (χ4n) is 4.23. The number of allylic oxidation sites excluding steroid dienone is 1. The Kier molecular flexibility index (Phi) is 4.88. The van der Waals surface area contributed by atoms with Crippen LogP contribution in [0, 0.1) is 11.8 Å². The van der Waals surface area contributed by atoms with Gasteiger partial charge in [-0.25, -0.2) is 0 Å². The quantitative estimate of drug-likeness (QED) is 0.830. The fraction of sp³-hybridized carbons (Fsp3) is 0.706. The minimum absolute atomic E-state index is 0.0206. The highest BCUT2D eigenvalue weighted by Gasteiger charge is 2.48. The number of hydrogen-bond donors (Lipinski definition) is 1. The Morgan fingerprint density at radius 1 is 1.45 bits per heavy atom. The molecule has 5 heteroatoms. The van der Waals surface area contributed by atoms with Crippen molar-refractivity contribution in [1.29, 1.82) is 0 Å². The zero-order chi connectivity index (χ0) is 15.9. The van der Waals surface area contributed by atoms with Crippen LogP contribution < -0.4 is 5.73 Å². The number of halogens is 1. The molecule has 0 spiro atoms. The monoisotopic (exact) mass is 369 g/mol. The van der Waals surface area contributed by atoms with Crippen LogP contribution in [0.15, 0.2) is 21.7 Å². The molecule has 22 heavy (non-hydrogen) atoms. The molecule has 1 saturated carbocycles. The third-order valence-corrected chi connectivity index (χ3v) is 6.17. The van der Waals surface area contributed by atoms with E-state index >= 15 is 0 Å². The number of ketones is 1. The van der Waals surface area contributed by atoms with Crippen molar-refractivity contribution in [2.24, 2.45) is 17.6 Å². The van der Waals surface area contributed by atoms with Crippen molar-refractivity contribution in [3.8, 4) is 0 Å². The van der Waals surface area contributed by atoms with Gasteiger partial charge in [0.05, 0.1) is 12.7 Å². The summed E-state index contributed by atoms with van der Waals surface area (Å²) in [6, 6.07) is 0.0884. The normalized spacial score (nSPS) is 39.0. The van der Waals surface area contributed by atoms with Gasteiger partial charge in [-0.3, -0.25) is 4.79 Å². The van der Waals surface area contributed by atoms with Gasteiger partial charge in [0.25, 0.3) is 0 Å². The summed E-state index contributed by atoms with van der Waals surface area (Å²) in [7, 11) is 1.69. The summed E-state index contributed by atoms with van der Waals surface area (Å²) in [5, 5.41) is 0. The van der Waals surface area contributed by atoms with E-state index in [1.165, 1.54) is 11.1 Å². The predicted octanol–water partition coefficient (Wildman–Crippen LogP) is 2.71. The molecule has 0 aromatic heterocycles. The van der Waals surface area contributed by atoms with E-state index < -0.39 is 0 Å². The lowest BCUT2D eigenvalue weighted by Crippen LogP contribution is -2.50. The molecule has 5 atom stereocenters. The SMILES string of the molecule is COC/C=C(/Br)C1=C2CC3C(OC2C)C(=O)CCC3C(N)C1. The molecule has 0 aromatic rings. The number of carbonyl (C=O) groups excluding carboxylic acids is 1. The Morgan fingerprint density at radius 2 is 2.23 bits per heavy atom. The van der Waals surface area contributed by atoms with E-state index in [9.17, 15) is 4.79 Å². The lowest BCUT2D eigenvalue weighted by atomic mass is 9.70. The molecule has 0 aromatic carbocycles. The number of methoxy groups -OCH3 is 1. The molecule has 2 fully saturated rings. The van der Waals surface area contributed by atoms with Crippen LogP contribution in [0.2, 0.25) is 0 Å². The van der Waals surface area contributed by atoms with Gasteiger partial charge in [0.2, 0.25) is 0 Å². The van der Waals surface area contributed by atoms with Crippen LogP contribution in [0.3, 0.4) is 0 Å². The maximum atomic E-state index is 12.2. The van der Waals surface area contributed by atoms with E-state index in [0.717, 1.165) is 23.7 Å². The minimum atomic E-state index is -0.246. The van der Waals surface area contributed by atoms with E-state index in [-0.39, 0.29) is 30.0 Å². The third-order valence-electron chi connectivity index (χ3n) is 5.37. The number of nitrogens with two attached hydrogens (primary N) is 1. The predicted molar refractivity (Wildman–Crippen MR) is 88.7 cm³/mol. The van der Waals surface area contributed by atoms with Crippen molar-refractivity contribution in [1.82, 2.24) is 0 Å². The van der Waals surface area contributed by atoms with Gasteiger partial charge in [-0.15, -0.1) is 0 Å². The van der Waals surface area contributed by atoms with E-state index in [0.29, 0.717) is 18.9 Å². The molecule has 1 aliphatic heterocycles. The van der Waals surface area contributed by atoms with Gasteiger partial charge in [-0.2, -0.15) is 0 Å². The summed E-state index contributed by atoms with van der Waals surface area (Å²) in [5.74, 6) is 0.893. The number of Topliss-reactive ketones (excluding diaryl/α,β-unsaturated/α-hetero) is 1. The molecule has 2 bridgehead atoms. The second kappa shape index (κ2) is 6.56. The van der Waals surface area contributed by atoms with Crippen LogP contribution >= 0.6 is 15.9 Å². The van der Waals surface area contributed by atoms with E-state index in [1.807, 2.05) is 6.08 Å². The molecule has 1 heterocycles. The maximum absolute atomic E-state index is 12.2. The Hall–Kier alpha value is -0.490. The summed E-state index contributed by atoms with van der Waals surface area (Å²) in [6.07, 6.45) is 5.05. The van der Waals surface area contributed by atoms with E-state index in [2.05, 4.69) is 22.9 Å². The van der Waals surface area contributed by atoms with Crippen molar-refractivity contribution < 1.29 is 14.3 Å². The Bertz CT molecular complexity index is 528. The molecule has 5 unspecified atom stereocenters. The second-order valence-electron chi connectivity index (χ2n) is 6.61. The minimum Gasteiger partial charge on any atom is -0.381 e. The molecule has 2 N–H and O–H groups in total. The summed E-state index contributed by atoms with van der Waals surface area (Å²) in [5.41, 5.74) is 9.06. The zero-order valence-corrected chi connectivity index (χ0v) is 14.8. The number of carbonyl (C=O) groups is 1. The van der Waals surface area contributed by atoms with Crippen LogP contribution in [0.25, 0.3) is 0 Å². The Balaban J connectivity index is 1.98. The Labute approximate surface area is 140 Å². The molecule has 4 nitrogen and oxygen atoms in total. The number of fused-ring (bicyclic) bond motifs is 1. The van der Waals surface area contributed by atoms with Crippen molar-refractivity contribution >= 4 is 21.7 Å². The lowest BCUT2D eigenvalue weighted by Gasteiger charge is -2.43. The smallest absolute Gasteiger partial charge is 0.161 e. The fourth-order valence-corrected chi connectivity index (χ4v) is 4.78. The largest absolute Gasteiger partial charge is 0.381 e. The average Bonchev–Trinajstić information content (AvgIpc) is 2.63. The first-order valence-corrected chi connectivity index (χ1v) is 8.82. The van der Waals surface area contributed by atoms with Gasteiger partial charge in [0.1, 0.15) is 6.10 Å². The highest BCUT2D eigenvalue weighted by molar-refractivity contribution is 9.12. The van der Waals surface area contributed by atoms with Gasteiger partial charge in [-0.05, 0) is 49.3 Å². The van der Waals surface area contributed by atoms with Crippen LogP contribution in [0.4, 0.5) is 0 Å². The van der Waals surface area contributed by atoms with Crippen molar-refractivity contribution in [2.45, 2.75) is 50.9 Å². The standard InChI is InChI=1S/C17H24BrNO3/c1-9-11-7-13-10(3-4-16(20)17(13)22-9)15(19)8-12(11)14(18)5-6-21-2/h5,9-10,13,15,17H,3-4,6-8,19H2,1-2H3/b14-5+. The lowest BCUT2D eigenvalue weighted by molar-refractivity contribution is -0.148. The topological polar surface area (TPSA) is 61.5 Å². The van der Waals surface area contributed by atoms with E-state index in [1.54, 1.807) is 7.11 Å². The van der Waals surface area contributed by atoms with Gasteiger partial charge < -0.3 is 15.2 Å². The van der Waals surface area contributed by atoms with Gasteiger partial charge in [0.15, 0.2) is 5.78 Å². The van der Waals surface area contributed by atoms with Crippen LogP contribution in [0.1, 0.15) is 32.6 Å². The molecule has 3 aliphatic rings. The van der Waals surface area contributed by atoms with E-state index in [4.69, 9.17) is 15.2 Å². The summed E-state index contributed by atoms with van der Waals surface area (Å²) in [6.45, 7) is 2.62. The highest BCUT2D eigenvalue weighted by Crippen LogP contribution is 2.47. The first-order chi connectivity index (χ1) is 10.5. The van der Waals surface area contributed by atoms with Gasteiger partial charge in [0, 0.05) is 30.0 Å². The first-order valence-electron chi connectivity index (χ1n) is 8.03. The van der Waals surface area contributed by atoms with Crippen molar-refractivity contribution in [3.63, 3.8) is 0 Å². The van der Waals surface area contributed by atoms with Crippen molar-refractivity contribution in [3.05, 3.63) is 21.7 Å². The number of rotatable bonds is 3. The second-order valence-corrected chi connectivity index (χ2v) is 7.47. The van der Waals surface area contributed by atoms with Crippen LogP contribution in [-0.2, 0) is 14.3 Å².